The van der Waals surface area contributed by atoms with Gasteiger partial charge >= 0.3 is 0 Å². The van der Waals surface area contributed by atoms with Crippen molar-refractivity contribution in [1.82, 2.24) is 4.90 Å². The maximum atomic E-state index is 11.4. The number of rotatable bonds is 1. The van der Waals surface area contributed by atoms with E-state index in [4.69, 9.17) is 5.11 Å². The fourth-order valence-electron chi connectivity index (χ4n) is 1.33. The summed E-state index contributed by atoms with van der Waals surface area (Å²) >= 11 is 0. The van der Waals surface area contributed by atoms with Crippen LogP contribution in [0.5, 0.6) is 0 Å². The minimum Gasteiger partial charge on any atom is -0.387 e. The SMILES string of the molecule is CC1CCN(C(=O)CO)CCS1=O. The summed E-state index contributed by atoms with van der Waals surface area (Å²) < 4.78 is 11.4. The highest BCUT2D eigenvalue weighted by molar-refractivity contribution is 7.85. The summed E-state index contributed by atoms with van der Waals surface area (Å²) in [6.45, 7) is 2.62. The van der Waals surface area contributed by atoms with Crippen LogP contribution in [0, 0.1) is 0 Å². The number of hydrogen-bond donors (Lipinski definition) is 1. The number of carbonyl (C=O) groups excluding carboxylic acids is 1. The van der Waals surface area contributed by atoms with E-state index in [1.807, 2.05) is 6.92 Å². The van der Waals surface area contributed by atoms with Gasteiger partial charge in [-0.15, -0.1) is 0 Å². The molecular weight excluding hydrogens is 190 g/mol. The quantitative estimate of drug-likeness (QED) is 0.619. The molecule has 0 aromatic rings. The Morgan fingerprint density at radius 1 is 1.62 bits per heavy atom. The van der Waals surface area contributed by atoms with E-state index >= 15 is 0 Å². The van der Waals surface area contributed by atoms with Gasteiger partial charge in [0.1, 0.15) is 6.61 Å². The lowest BCUT2D eigenvalue weighted by Crippen LogP contribution is -2.35. The molecule has 1 fully saturated rings. The van der Waals surface area contributed by atoms with E-state index in [9.17, 15) is 9.00 Å². The van der Waals surface area contributed by atoms with E-state index in [1.165, 1.54) is 0 Å². The first-order valence-corrected chi connectivity index (χ1v) is 5.79. The summed E-state index contributed by atoms with van der Waals surface area (Å²) in [6, 6.07) is 0. The fraction of sp³-hybridized carbons (Fsp3) is 0.875. The molecule has 0 aliphatic carbocycles. The lowest BCUT2D eigenvalue weighted by Gasteiger charge is -2.18. The highest BCUT2D eigenvalue weighted by atomic mass is 32.2. The molecule has 1 N–H and O–H groups in total. The third-order valence-corrected chi connectivity index (χ3v) is 4.02. The minimum atomic E-state index is -0.817. The van der Waals surface area contributed by atoms with Gasteiger partial charge in [-0.1, -0.05) is 6.92 Å². The van der Waals surface area contributed by atoms with E-state index in [0.717, 1.165) is 6.42 Å². The van der Waals surface area contributed by atoms with Crippen LogP contribution in [-0.2, 0) is 15.6 Å². The van der Waals surface area contributed by atoms with Crippen LogP contribution in [0.15, 0.2) is 0 Å². The van der Waals surface area contributed by atoms with Crippen molar-refractivity contribution >= 4 is 16.7 Å². The Morgan fingerprint density at radius 3 is 2.92 bits per heavy atom. The van der Waals surface area contributed by atoms with Gasteiger partial charge in [0.25, 0.3) is 0 Å². The van der Waals surface area contributed by atoms with E-state index in [-0.39, 0.29) is 11.2 Å². The van der Waals surface area contributed by atoms with Crippen molar-refractivity contribution in [2.24, 2.45) is 0 Å². The molecule has 0 bridgehead atoms. The second-order valence-corrected chi connectivity index (χ2v) is 5.20. The number of aliphatic hydroxyl groups excluding tert-OH is 1. The maximum Gasteiger partial charge on any atom is 0.248 e. The monoisotopic (exact) mass is 205 g/mol. The molecule has 2 unspecified atom stereocenters. The summed E-state index contributed by atoms with van der Waals surface area (Å²) in [7, 11) is -0.817. The Morgan fingerprint density at radius 2 is 2.31 bits per heavy atom. The predicted octanol–water partition coefficient (Wildman–Crippen LogP) is -0.652. The third kappa shape index (κ3) is 2.77. The van der Waals surface area contributed by atoms with E-state index in [1.54, 1.807) is 4.90 Å². The minimum absolute atomic E-state index is 0.163. The molecule has 0 spiro atoms. The Balaban J connectivity index is 2.53. The average Bonchev–Trinajstić information content (AvgIpc) is 2.30. The lowest BCUT2D eigenvalue weighted by atomic mass is 10.3. The third-order valence-electron chi connectivity index (χ3n) is 2.30. The molecule has 1 heterocycles. The number of amides is 1. The van der Waals surface area contributed by atoms with Crippen LogP contribution < -0.4 is 0 Å². The van der Waals surface area contributed by atoms with E-state index in [0.29, 0.717) is 18.8 Å². The van der Waals surface area contributed by atoms with Gasteiger partial charge in [0.2, 0.25) is 5.91 Å². The van der Waals surface area contributed by atoms with Gasteiger partial charge in [0.15, 0.2) is 0 Å². The van der Waals surface area contributed by atoms with Crippen LogP contribution in [0.3, 0.4) is 0 Å². The Bertz CT molecular complexity index is 219. The predicted molar refractivity (Wildman–Crippen MR) is 50.8 cm³/mol. The molecule has 0 aromatic heterocycles. The molecule has 1 aliphatic heterocycles. The van der Waals surface area contributed by atoms with Crippen molar-refractivity contribution in [2.45, 2.75) is 18.6 Å². The van der Waals surface area contributed by atoms with Crippen LogP contribution in [0.2, 0.25) is 0 Å². The van der Waals surface area contributed by atoms with Crippen LogP contribution >= 0.6 is 0 Å². The molecule has 1 amide bonds. The zero-order valence-electron chi connectivity index (χ0n) is 7.73. The van der Waals surface area contributed by atoms with Crippen molar-refractivity contribution in [2.75, 3.05) is 25.4 Å². The molecule has 4 nitrogen and oxygen atoms in total. The number of aliphatic hydroxyl groups is 1. The van der Waals surface area contributed by atoms with Gasteiger partial charge in [-0.3, -0.25) is 9.00 Å². The molecule has 1 rings (SSSR count). The zero-order chi connectivity index (χ0) is 9.84. The molecule has 0 radical (unpaired) electrons. The van der Waals surface area contributed by atoms with Crippen LogP contribution in [0.25, 0.3) is 0 Å². The van der Waals surface area contributed by atoms with Gasteiger partial charge in [-0.2, -0.15) is 0 Å². The van der Waals surface area contributed by atoms with Crippen molar-refractivity contribution in [3.05, 3.63) is 0 Å². The van der Waals surface area contributed by atoms with Crippen molar-refractivity contribution < 1.29 is 14.1 Å². The Kier molecular flexibility index (Phi) is 3.87. The standard InChI is InChI=1S/C8H15NO3S/c1-7-2-3-9(8(11)6-10)4-5-13(7)12/h7,10H,2-6H2,1H3. The van der Waals surface area contributed by atoms with Gasteiger partial charge in [0, 0.05) is 34.9 Å². The van der Waals surface area contributed by atoms with Crippen LogP contribution in [0.4, 0.5) is 0 Å². The van der Waals surface area contributed by atoms with E-state index < -0.39 is 17.4 Å². The number of hydrogen-bond acceptors (Lipinski definition) is 3. The number of nitrogens with zero attached hydrogens (tertiary/aromatic N) is 1. The molecule has 1 aliphatic rings. The molecular formula is C8H15NO3S. The van der Waals surface area contributed by atoms with Crippen molar-refractivity contribution in [1.29, 1.82) is 0 Å². The first-order chi connectivity index (χ1) is 6.15. The molecule has 2 atom stereocenters. The van der Waals surface area contributed by atoms with Gasteiger partial charge in [-0.05, 0) is 6.42 Å². The maximum absolute atomic E-state index is 11.4. The normalized spacial score (nSPS) is 29.8. The largest absolute Gasteiger partial charge is 0.387 e. The van der Waals surface area contributed by atoms with Gasteiger partial charge in [-0.25, -0.2) is 0 Å². The summed E-state index contributed by atoms with van der Waals surface area (Å²) in [5, 5.41) is 8.81. The number of carbonyl (C=O) groups is 1. The summed E-state index contributed by atoms with van der Waals surface area (Å²) in [5.74, 6) is 0.276. The van der Waals surface area contributed by atoms with Crippen molar-refractivity contribution in [3.63, 3.8) is 0 Å². The molecule has 13 heavy (non-hydrogen) atoms. The van der Waals surface area contributed by atoms with Crippen LogP contribution in [0.1, 0.15) is 13.3 Å². The van der Waals surface area contributed by atoms with E-state index in [2.05, 4.69) is 0 Å². The van der Waals surface area contributed by atoms with Gasteiger partial charge in [0.05, 0.1) is 0 Å². The lowest BCUT2D eigenvalue weighted by molar-refractivity contribution is -0.133. The van der Waals surface area contributed by atoms with Crippen LogP contribution in [-0.4, -0.2) is 50.8 Å². The molecule has 0 aromatic carbocycles. The summed E-state index contributed by atoms with van der Waals surface area (Å²) in [6.07, 6.45) is 0.762. The fourth-order valence-corrected chi connectivity index (χ4v) is 2.50. The smallest absolute Gasteiger partial charge is 0.248 e. The van der Waals surface area contributed by atoms with Crippen molar-refractivity contribution in [3.8, 4) is 0 Å². The zero-order valence-corrected chi connectivity index (χ0v) is 8.55. The highest BCUT2D eigenvalue weighted by Crippen LogP contribution is 2.09. The first-order valence-electron chi connectivity index (χ1n) is 4.41. The topological polar surface area (TPSA) is 57.6 Å². The average molecular weight is 205 g/mol. The first kappa shape index (κ1) is 10.7. The highest BCUT2D eigenvalue weighted by Gasteiger charge is 2.21. The summed E-state index contributed by atoms with van der Waals surface area (Å²) in [4.78, 5) is 12.7. The second-order valence-electron chi connectivity index (χ2n) is 3.22. The second kappa shape index (κ2) is 4.72. The molecule has 0 saturated carbocycles. The summed E-state index contributed by atoms with van der Waals surface area (Å²) in [5.41, 5.74) is 0. The Labute approximate surface area is 80.4 Å². The molecule has 1 saturated heterocycles. The molecule has 76 valence electrons. The van der Waals surface area contributed by atoms with Gasteiger partial charge < -0.3 is 10.0 Å². The molecule has 5 heteroatoms. The Hall–Kier alpha value is -0.420.